The van der Waals surface area contributed by atoms with E-state index in [9.17, 15) is 4.79 Å². The Morgan fingerprint density at radius 2 is 2.00 bits per heavy atom. The second-order valence-corrected chi connectivity index (χ2v) is 8.15. The zero-order valence-electron chi connectivity index (χ0n) is 16.4. The van der Waals surface area contributed by atoms with Crippen LogP contribution in [0.4, 0.5) is 11.4 Å². The van der Waals surface area contributed by atoms with Gasteiger partial charge in [0, 0.05) is 23.7 Å². The second kappa shape index (κ2) is 9.51. The molecule has 2 aromatic carbocycles. The molecule has 1 fully saturated rings. The lowest BCUT2D eigenvalue weighted by molar-refractivity contribution is -0.113. The lowest BCUT2D eigenvalue weighted by atomic mass is 10.1. The second-order valence-electron chi connectivity index (χ2n) is 6.79. The topological polar surface area (TPSA) is 80.5 Å². The summed E-state index contributed by atoms with van der Waals surface area (Å²) in [4.78, 5) is 14.7. The molecule has 1 aliphatic rings. The van der Waals surface area contributed by atoms with Gasteiger partial charge in [0.1, 0.15) is 0 Å². The van der Waals surface area contributed by atoms with Gasteiger partial charge in [-0.15, -0.1) is 10.2 Å². The van der Waals surface area contributed by atoms with Gasteiger partial charge in [-0.1, -0.05) is 41.6 Å². The van der Waals surface area contributed by atoms with E-state index in [0.717, 1.165) is 29.9 Å². The van der Waals surface area contributed by atoms with E-state index in [-0.39, 0.29) is 11.7 Å². The lowest BCUT2D eigenvalue weighted by Crippen LogP contribution is -2.36. The van der Waals surface area contributed by atoms with Crippen molar-refractivity contribution in [3.63, 3.8) is 0 Å². The zero-order valence-corrected chi connectivity index (χ0v) is 18.0. The van der Waals surface area contributed by atoms with Crippen molar-refractivity contribution in [1.29, 1.82) is 0 Å². The molecule has 4 rings (SSSR count). The first-order chi connectivity index (χ1) is 14.6. The van der Waals surface area contributed by atoms with Crippen molar-refractivity contribution >= 4 is 40.6 Å². The quantitative estimate of drug-likeness (QED) is 0.568. The first-order valence-electron chi connectivity index (χ1n) is 9.54. The summed E-state index contributed by atoms with van der Waals surface area (Å²) in [7, 11) is 0. The molecule has 0 spiro atoms. The highest BCUT2D eigenvalue weighted by atomic mass is 35.5. The average Bonchev–Trinajstić information content (AvgIpc) is 3.22. The number of halogens is 1. The van der Waals surface area contributed by atoms with E-state index in [1.54, 1.807) is 6.07 Å². The van der Waals surface area contributed by atoms with Crippen molar-refractivity contribution in [2.45, 2.75) is 12.1 Å². The molecule has 0 unspecified atom stereocenters. The third-order valence-corrected chi connectivity index (χ3v) is 5.75. The fraction of sp³-hybridized carbons (Fsp3) is 0.286. The van der Waals surface area contributed by atoms with Crippen LogP contribution >= 0.6 is 23.4 Å². The van der Waals surface area contributed by atoms with Crippen LogP contribution in [-0.4, -0.2) is 48.2 Å². The van der Waals surface area contributed by atoms with Crippen LogP contribution in [0.25, 0.3) is 11.5 Å². The van der Waals surface area contributed by atoms with Crippen molar-refractivity contribution in [2.75, 3.05) is 42.3 Å². The predicted octanol–water partition coefficient (Wildman–Crippen LogP) is 4.27. The maximum absolute atomic E-state index is 12.6. The summed E-state index contributed by atoms with van der Waals surface area (Å²) in [5.41, 5.74) is 3.55. The third kappa shape index (κ3) is 4.95. The van der Waals surface area contributed by atoms with Crippen molar-refractivity contribution in [3.8, 4) is 11.5 Å². The minimum Gasteiger partial charge on any atom is -0.411 e. The summed E-state index contributed by atoms with van der Waals surface area (Å²) in [5, 5.41) is 12.0. The molecule has 1 amide bonds. The van der Waals surface area contributed by atoms with E-state index in [0.29, 0.717) is 35.0 Å². The number of benzene rings is 2. The molecule has 0 atom stereocenters. The summed E-state index contributed by atoms with van der Waals surface area (Å²) >= 11 is 7.35. The molecule has 3 aromatic rings. The number of rotatable bonds is 6. The Bertz CT molecular complexity index is 1040. The van der Waals surface area contributed by atoms with E-state index in [4.69, 9.17) is 20.8 Å². The molecule has 0 aliphatic carbocycles. The van der Waals surface area contributed by atoms with Crippen LogP contribution in [0.15, 0.2) is 52.1 Å². The number of thioether (sulfide) groups is 1. The summed E-state index contributed by atoms with van der Waals surface area (Å²) < 4.78 is 11.1. The van der Waals surface area contributed by atoms with Crippen molar-refractivity contribution in [1.82, 2.24) is 10.2 Å². The average molecular weight is 445 g/mol. The number of aromatic nitrogens is 2. The number of aryl methyl sites for hydroxylation is 1. The van der Waals surface area contributed by atoms with E-state index in [1.807, 2.05) is 43.3 Å². The number of anilines is 2. The molecule has 30 heavy (non-hydrogen) atoms. The number of carbonyl (C=O) groups is 1. The van der Waals surface area contributed by atoms with E-state index in [1.165, 1.54) is 11.8 Å². The Labute approximate surface area is 183 Å². The molecule has 1 aromatic heterocycles. The maximum atomic E-state index is 12.6. The molecule has 0 radical (unpaired) electrons. The van der Waals surface area contributed by atoms with Crippen LogP contribution in [0.2, 0.25) is 5.02 Å². The fourth-order valence-electron chi connectivity index (χ4n) is 3.19. The number of carbonyl (C=O) groups excluding carboxylic acids is 1. The van der Waals surface area contributed by atoms with Gasteiger partial charge in [-0.05, 0) is 36.8 Å². The minimum absolute atomic E-state index is 0.143. The van der Waals surface area contributed by atoms with Gasteiger partial charge in [-0.25, -0.2) is 0 Å². The molecule has 9 heteroatoms. The molecule has 1 aliphatic heterocycles. The highest BCUT2D eigenvalue weighted by Gasteiger charge is 2.18. The zero-order chi connectivity index (χ0) is 20.9. The van der Waals surface area contributed by atoms with Crippen molar-refractivity contribution in [2.24, 2.45) is 0 Å². The van der Waals surface area contributed by atoms with E-state index in [2.05, 4.69) is 20.4 Å². The normalized spacial score (nSPS) is 14.0. The van der Waals surface area contributed by atoms with Gasteiger partial charge in [0.2, 0.25) is 11.8 Å². The standard InChI is InChI=1S/C21H21ClN4O3S/c1-14-4-2-3-5-16(14)20-24-25-21(29-20)30-13-19(27)23-17-12-15(22)6-7-18(17)26-8-10-28-11-9-26/h2-7,12H,8-11,13H2,1H3,(H,23,27). The van der Waals surface area contributed by atoms with E-state index < -0.39 is 0 Å². The van der Waals surface area contributed by atoms with Gasteiger partial charge in [0.05, 0.1) is 30.3 Å². The first kappa shape index (κ1) is 20.7. The largest absolute Gasteiger partial charge is 0.411 e. The number of morpholine rings is 1. The fourth-order valence-corrected chi connectivity index (χ4v) is 3.93. The molecule has 1 N–H and O–H groups in total. The molecule has 1 saturated heterocycles. The molecule has 7 nitrogen and oxygen atoms in total. The molecule has 156 valence electrons. The number of ether oxygens (including phenoxy) is 1. The van der Waals surface area contributed by atoms with Crippen LogP contribution in [0.1, 0.15) is 5.56 Å². The summed E-state index contributed by atoms with van der Waals surface area (Å²) in [6.07, 6.45) is 0. The van der Waals surface area contributed by atoms with E-state index >= 15 is 0 Å². The Morgan fingerprint density at radius 3 is 2.80 bits per heavy atom. The predicted molar refractivity (Wildman–Crippen MR) is 118 cm³/mol. The van der Waals surface area contributed by atoms with Gasteiger partial charge in [-0.3, -0.25) is 4.79 Å². The van der Waals surface area contributed by atoms with Crippen molar-refractivity contribution < 1.29 is 13.9 Å². The Kier molecular flexibility index (Phi) is 6.56. The minimum atomic E-state index is -0.174. The number of hydrogen-bond acceptors (Lipinski definition) is 7. The Morgan fingerprint density at radius 1 is 1.20 bits per heavy atom. The van der Waals surface area contributed by atoms with Crippen LogP contribution in [-0.2, 0) is 9.53 Å². The number of amides is 1. The first-order valence-corrected chi connectivity index (χ1v) is 10.9. The summed E-state index contributed by atoms with van der Waals surface area (Å²) in [5.74, 6) is 0.414. The van der Waals surface area contributed by atoms with Crippen LogP contribution in [0.5, 0.6) is 0 Å². The van der Waals surface area contributed by atoms with Gasteiger partial charge >= 0.3 is 0 Å². The highest BCUT2D eigenvalue weighted by Crippen LogP contribution is 2.30. The van der Waals surface area contributed by atoms with Crippen LogP contribution in [0.3, 0.4) is 0 Å². The Balaban J connectivity index is 1.40. The van der Waals surface area contributed by atoms with Crippen LogP contribution < -0.4 is 10.2 Å². The molecular formula is C21H21ClN4O3S. The summed E-state index contributed by atoms with van der Waals surface area (Å²) in [6, 6.07) is 13.3. The number of hydrogen-bond donors (Lipinski definition) is 1. The van der Waals surface area contributed by atoms with Gasteiger partial charge in [0.15, 0.2) is 0 Å². The van der Waals surface area contributed by atoms with Crippen molar-refractivity contribution in [3.05, 3.63) is 53.1 Å². The molecule has 2 heterocycles. The third-order valence-electron chi connectivity index (χ3n) is 4.69. The number of nitrogens with zero attached hydrogens (tertiary/aromatic N) is 3. The summed E-state index contributed by atoms with van der Waals surface area (Å²) in [6.45, 7) is 4.83. The SMILES string of the molecule is Cc1ccccc1-c1nnc(SCC(=O)Nc2cc(Cl)ccc2N2CCOCC2)o1. The van der Waals surface area contributed by atoms with Gasteiger partial charge < -0.3 is 19.4 Å². The molecular weight excluding hydrogens is 424 g/mol. The lowest BCUT2D eigenvalue weighted by Gasteiger charge is -2.30. The molecule has 0 saturated carbocycles. The maximum Gasteiger partial charge on any atom is 0.277 e. The molecule has 0 bridgehead atoms. The van der Waals surface area contributed by atoms with Gasteiger partial charge in [-0.2, -0.15) is 0 Å². The smallest absolute Gasteiger partial charge is 0.277 e. The highest BCUT2D eigenvalue weighted by molar-refractivity contribution is 7.99. The number of nitrogens with one attached hydrogen (secondary N) is 1. The monoisotopic (exact) mass is 444 g/mol. The van der Waals surface area contributed by atoms with Crippen LogP contribution in [0, 0.1) is 6.92 Å². The van der Waals surface area contributed by atoms with Gasteiger partial charge in [0.25, 0.3) is 5.22 Å². The Hall–Kier alpha value is -2.55.